The van der Waals surface area contributed by atoms with Gasteiger partial charge in [-0.3, -0.25) is 0 Å². The molecule has 1 aromatic heterocycles. The second-order valence-corrected chi connectivity index (χ2v) is 6.48. The fourth-order valence-corrected chi connectivity index (χ4v) is 2.63. The Morgan fingerprint density at radius 3 is 2.86 bits per heavy atom. The van der Waals surface area contributed by atoms with E-state index in [4.69, 9.17) is 21.1 Å². The van der Waals surface area contributed by atoms with Crippen molar-refractivity contribution in [3.8, 4) is 11.8 Å². The van der Waals surface area contributed by atoms with Gasteiger partial charge in [-0.15, -0.1) is 5.10 Å². The molecule has 0 atom stereocenters. The summed E-state index contributed by atoms with van der Waals surface area (Å²) >= 11 is 9.03. The number of rotatable bonds is 4. The highest BCUT2D eigenvalue weighted by atomic mass is 79.9. The largest absolute Gasteiger partial charge is 0.424 e. The van der Waals surface area contributed by atoms with E-state index < -0.39 is 5.82 Å². The normalized spacial score (nSPS) is 16.6. The molecule has 2 aromatic rings. The standard InChI is InChI=1S/C13H12BrClFN3O2/c1-13(6-20-7-13)5-19-12(17-11(14)18-19)21-10-3-8(15)2-9(16)4-10/h2-4H,5-7H2,1H3. The molecule has 1 fully saturated rings. The first-order chi connectivity index (χ1) is 9.93. The van der Waals surface area contributed by atoms with Gasteiger partial charge in [0.15, 0.2) is 0 Å². The van der Waals surface area contributed by atoms with Gasteiger partial charge in [-0.05, 0) is 28.1 Å². The molecule has 0 bridgehead atoms. The van der Waals surface area contributed by atoms with E-state index in [-0.39, 0.29) is 22.2 Å². The van der Waals surface area contributed by atoms with Crippen LogP contribution in [0.4, 0.5) is 4.39 Å². The summed E-state index contributed by atoms with van der Waals surface area (Å²) in [7, 11) is 0. The lowest BCUT2D eigenvalue weighted by atomic mass is 9.89. The highest BCUT2D eigenvalue weighted by molar-refractivity contribution is 9.10. The summed E-state index contributed by atoms with van der Waals surface area (Å²) < 4.78 is 26.2. The Morgan fingerprint density at radius 2 is 2.24 bits per heavy atom. The number of ether oxygens (including phenoxy) is 2. The molecule has 3 rings (SSSR count). The predicted octanol–water partition coefficient (Wildman–Crippen LogP) is 3.66. The monoisotopic (exact) mass is 375 g/mol. The number of nitrogens with zero attached hydrogens (tertiary/aromatic N) is 3. The van der Waals surface area contributed by atoms with Crippen molar-refractivity contribution in [1.82, 2.24) is 14.8 Å². The Labute approximate surface area is 134 Å². The summed E-state index contributed by atoms with van der Waals surface area (Å²) in [5.41, 5.74) is 0.00479. The number of halogens is 3. The molecule has 0 saturated carbocycles. The number of hydrogen-bond donors (Lipinski definition) is 0. The highest BCUT2D eigenvalue weighted by Gasteiger charge is 2.35. The quantitative estimate of drug-likeness (QED) is 0.817. The molecule has 5 nitrogen and oxygen atoms in total. The summed E-state index contributed by atoms with van der Waals surface area (Å²) in [4.78, 5) is 4.15. The maximum Gasteiger partial charge on any atom is 0.321 e. The fraction of sp³-hybridized carbons (Fsp3) is 0.385. The van der Waals surface area contributed by atoms with Gasteiger partial charge in [0.1, 0.15) is 11.6 Å². The predicted molar refractivity (Wildman–Crippen MR) is 78.1 cm³/mol. The van der Waals surface area contributed by atoms with Crippen LogP contribution in [0.3, 0.4) is 0 Å². The van der Waals surface area contributed by atoms with Crippen molar-refractivity contribution in [2.24, 2.45) is 5.41 Å². The van der Waals surface area contributed by atoms with Gasteiger partial charge in [-0.1, -0.05) is 18.5 Å². The van der Waals surface area contributed by atoms with Crippen LogP contribution < -0.4 is 4.74 Å². The van der Waals surface area contributed by atoms with Crippen molar-refractivity contribution in [2.75, 3.05) is 13.2 Å². The van der Waals surface area contributed by atoms with E-state index in [0.29, 0.717) is 24.5 Å². The number of aromatic nitrogens is 3. The first-order valence-corrected chi connectivity index (χ1v) is 7.43. The third-order valence-corrected chi connectivity index (χ3v) is 3.64. The van der Waals surface area contributed by atoms with E-state index in [9.17, 15) is 4.39 Å². The maximum absolute atomic E-state index is 13.3. The van der Waals surface area contributed by atoms with Crippen LogP contribution >= 0.6 is 27.5 Å². The van der Waals surface area contributed by atoms with Gasteiger partial charge in [0.05, 0.1) is 19.8 Å². The fourth-order valence-electron chi connectivity index (χ4n) is 2.08. The van der Waals surface area contributed by atoms with E-state index in [1.54, 1.807) is 4.68 Å². The van der Waals surface area contributed by atoms with Gasteiger partial charge in [-0.25, -0.2) is 9.07 Å². The molecule has 8 heteroatoms. The average Bonchev–Trinajstić information content (AvgIpc) is 2.66. The van der Waals surface area contributed by atoms with Crippen molar-refractivity contribution >= 4 is 27.5 Å². The van der Waals surface area contributed by atoms with Crippen LogP contribution in [0.5, 0.6) is 11.8 Å². The zero-order valence-electron chi connectivity index (χ0n) is 11.1. The van der Waals surface area contributed by atoms with Crippen molar-refractivity contribution in [1.29, 1.82) is 0 Å². The molecule has 1 aliphatic rings. The van der Waals surface area contributed by atoms with Gasteiger partial charge in [0, 0.05) is 16.5 Å². The van der Waals surface area contributed by atoms with E-state index >= 15 is 0 Å². The van der Waals surface area contributed by atoms with Crippen LogP contribution in [0, 0.1) is 11.2 Å². The minimum atomic E-state index is -0.470. The third kappa shape index (κ3) is 3.36. The number of hydrogen-bond acceptors (Lipinski definition) is 4. The van der Waals surface area contributed by atoms with E-state index in [0.717, 1.165) is 0 Å². The molecule has 0 radical (unpaired) electrons. The van der Waals surface area contributed by atoms with Crippen LogP contribution in [0.15, 0.2) is 22.9 Å². The molecule has 21 heavy (non-hydrogen) atoms. The highest BCUT2D eigenvalue weighted by Crippen LogP contribution is 2.31. The summed E-state index contributed by atoms with van der Waals surface area (Å²) in [5.74, 6) is -0.196. The van der Waals surface area contributed by atoms with Gasteiger partial charge in [0.25, 0.3) is 0 Å². The molecule has 2 heterocycles. The first kappa shape index (κ1) is 14.7. The van der Waals surface area contributed by atoms with E-state index in [1.807, 2.05) is 0 Å². The lowest BCUT2D eigenvalue weighted by Crippen LogP contribution is -2.43. The molecule has 0 aliphatic carbocycles. The van der Waals surface area contributed by atoms with Crippen LogP contribution in [-0.2, 0) is 11.3 Å². The minimum Gasteiger partial charge on any atom is -0.424 e. The topological polar surface area (TPSA) is 49.2 Å². The van der Waals surface area contributed by atoms with E-state index in [1.165, 1.54) is 18.2 Å². The first-order valence-electron chi connectivity index (χ1n) is 6.26. The summed E-state index contributed by atoms with van der Waals surface area (Å²) in [6, 6.07) is 4.25. The third-order valence-electron chi connectivity index (χ3n) is 3.09. The van der Waals surface area contributed by atoms with Crippen molar-refractivity contribution in [2.45, 2.75) is 13.5 Å². The van der Waals surface area contributed by atoms with Gasteiger partial charge in [-0.2, -0.15) is 4.98 Å². The Kier molecular flexibility index (Phi) is 3.90. The lowest BCUT2D eigenvalue weighted by molar-refractivity contribution is -0.112. The second-order valence-electron chi connectivity index (χ2n) is 5.33. The van der Waals surface area contributed by atoms with Crippen LogP contribution in [-0.4, -0.2) is 28.0 Å². The van der Waals surface area contributed by atoms with Crippen LogP contribution in [0.1, 0.15) is 6.92 Å². The summed E-state index contributed by atoms with van der Waals surface area (Å²) in [6.07, 6.45) is 0. The Morgan fingerprint density at radius 1 is 1.48 bits per heavy atom. The molecule has 0 unspecified atom stereocenters. The average molecular weight is 377 g/mol. The van der Waals surface area contributed by atoms with Crippen molar-refractivity contribution in [3.05, 3.63) is 33.8 Å². The SMILES string of the molecule is CC1(Cn2nc(Br)nc2Oc2cc(F)cc(Cl)c2)COC1. The lowest BCUT2D eigenvalue weighted by Gasteiger charge is -2.37. The molecular formula is C13H12BrClFN3O2. The smallest absolute Gasteiger partial charge is 0.321 e. The maximum atomic E-state index is 13.3. The molecule has 1 saturated heterocycles. The molecular weight excluding hydrogens is 365 g/mol. The molecule has 1 aliphatic heterocycles. The summed E-state index contributed by atoms with van der Waals surface area (Å²) in [5, 5.41) is 4.49. The Bertz CT molecular complexity index is 655. The number of benzene rings is 1. The van der Waals surface area contributed by atoms with Crippen LogP contribution in [0.2, 0.25) is 5.02 Å². The molecule has 0 spiro atoms. The van der Waals surface area contributed by atoms with Crippen molar-refractivity contribution < 1.29 is 13.9 Å². The molecule has 0 N–H and O–H groups in total. The van der Waals surface area contributed by atoms with Crippen LogP contribution in [0.25, 0.3) is 0 Å². The zero-order valence-corrected chi connectivity index (χ0v) is 13.5. The van der Waals surface area contributed by atoms with Crippen molar-refractivity contribution in [3.63, 3.8) is 0 Å². The second kappa shape index (κ2) is 5.55. The van der Waals surface area contributed by atoms with Gasteiger partial charge in [0.2, 0.25) is 4.73 Å². The molecule has 0 amide bonds. The zero-order chi connectivity index (χ0) is 15.0. The summed E-state index contributed by atoms with van der Waals surface area (Å²) in [6.45, 7) is 4.02. The van der Waals surface area contributed by atoms with Gasteiger partial charge < -0.3 is 9.47 Å². The minimum absolute atomic E-state index is 0.00479. The van der Waals surface area contributed by atoms with Gasteiger partial charge >= 0.3 is 6.01 Å². The Hall–Kier alpha value is -1.18. The molecule has 112 valence electrons. The Balaban J connectivity index is 1.84. The van der Waals surface area contributed by atoms with E-state index in [2.05, 4.69) is 32.9 Å². The molecule has 1 aromatic carbocycles.